The number of likely N-dealkylation sites (tertiary alicyclic amines) is 1. The second kappa shape index (κ2) is 9.66. The third kappa shape index (κ3) is 4.83. The second-order valence-corrected chi connectivity index (χ2v) is 8.68. The van der Waals surface area contributed by atoms with Gasteiger partial charge in [-0.3, -0.25) is 9.59 Å². The first-order chi connectivity index (χ1) is 14.7. The molecular weight excluding hydrogens is 460 g/mol. The molecule has 1 heterocycles. The van der Waals surface area contributed by atoms with E-state index < -0.39 is 17.7 Å². The molecule has 0 saturated carbocycles. The number of amides is 1. The number of hydrogen-bond acceptors (Lipinski definition) is 5. The number of nitrogens with zero attached hydrogens (tertiary/aromatic N) is 2. The molecule has 1 amide bonds. The average Bonchev–Trinajstić information content (AvgIpc) is 2.98. The number of Topliss-reactive ketones (excluding diaryl/α,β-unsaturated/α-hetero) is 1. The number of carbonyl (C=O) groups is 2. The summed E-state index contributed by atoms with van der Waals surface area (Å²) in [6.07, 6.45) is 0. The molecule has 0 aliphatic carbocycles. The molecule has 0 bridgehead atoms. The van der Waals surface area contributed by atoms with E-state index in [4.69, 9.17) is 4.74 Å². The number of aliphatic hydroxyl groups is 1. The summed E-state index contributed by atoms with van der Waals surface area (Å²) in [5.74, 6) is -0.727. The molecule has 164 valence electrons. The van der Waals surface area contributed by atoms with Crippen LogP contribution < -0.4 is 4.74 Å². The average molecular weight is 487 g/mol. The topological polar surface area (TPSA) is 70.1 Å². The third-order valence-corrected chi connectivity index (χ3v) is 5.79. The zero-order valence-corrected chi connectivity index (χ0v) is 19.8. The molecule has 1 aliphatic heterocycles. The number of ether oxygens (including phenoxy) is 1. The molecule has 2 aromatic carbocycles. The van der Waals surface area contributed by atoms with Gasteiger partial charge in [0.25, 0.3) is 11.7 Å². The van der Waals surface area contributed by atoms with Crippen LogP contribution in [0.3, 0.4) is 0 Å². The molecule has 2 aromatic rings. The van der Waals surface area contributed by atoms with E-state index in [1.54, 1.807) is 23.1 Å². The minimum absolute atomic E-state index is 0.106. The molecule has 1 unspecified atom stereocenters. The Balaban J connectivity index is 2.12. The van der Waals surface area contributed by atoms with E-state index in [0.717, 1.165) is 21.3 Å². The number of aryl methyl sites for hydroxylation is 1. The summed E-state index contributed by atoms with van der Waals surface area (Å²) < 4.78 is 6.46. The summed E-state index contributed by atoms with van der Waals surface area (Å²) in [7, 11) is 3.82. The minimum Gasteiger partial charge on any atom is -0.507 e. The van der Waals surface area contributed by atoms with Gasteiger partial charge >= 0.3 is 0 Å². The van der Waals surface area contributed by atoms with Crippen molar-refractivity contribution in [1.82, 2.24) is 9.80 Å². The van der Waals surface area contributed by atoms with Crippen LogP contribution in [0.2, 0.25) is 0 Å². The maximum Gasteiger partial charge on any atom is 0.295 e. The lowest BCUT2D eigenvalue weighted by atomic mass is 9.95. The SMILES string of the molecule is CCOc1ccc(C(O)=C2C(=O)C(=O)N(CCN(C)C)C2c2ccc(Br)cc2)cc1C. The van der Waals surface area contributed by atoms with E-state index in [9.17, 15) is 14.7 Å². The zero-order chi connectivity index (χ0) is 22.7. The van der Waals surface area contributed by atoms with E-state index in [2.05, 4.69) is 15.9 Å². The van der Waals surface area contributed by atoms with Crippen LogP contribution in [0, 0.1) is 6.92 Å². The van der Waals surface area contributed by atoms with Gasteiger partial charge in [-0.25, -0.2) is 0 Å². The lowest BCUT2D eigenvalue weighted by molar-refractivity contribution is -0.140. The van der Waals surface area contributed by atoms with Gasteiger partial charge in [0.1, 0.15) is 11.5 Å². The number of halogens is 1. The van der Waals surface area contributed by atoms with Crippen molar-refractivity contribution in [2.45, 2.75) is 19.9 Å². The summed E-state index contributed by atoms with van der Waals surface area (Å²) in [5, 5.41) is 11.2. The Bertz CT molecular complexity index is 1010. The van der Waals surface area contributed by atoms with Gasteiger partial charge in [-0.15, -0.1) is 0 Å². The number of likely N-dealkylation sites (N-methyl/N-ethyl adjacent to an activating group) is 1. The van der Waals surface area contributed by atoms with E-state index >= 15 is 0 Å². The van der Waals surface area contributed by atoms with Gasteiger partial charge in [-0.1, -0.05) is 28.1 Å². The summed E-state index contributed by atoms with van der Waals surface area (Å²) in [4.78, 5) is 29.4. The van der Waals surface area contributed by atoms with Crippen molar-refractivity contribution < 1.29 is 19.4 Å². The fourth-order valence-electron chi connectivity index (χ4n) is 3.68. The maximum atomic E-state index is 13.0. The highest BCUT2D eigenvalue weighted by Gasteiger charge is 2.45. The Hall–Kier alpha value is -2.64. The van der Waals surface area contributed by atoms with E-state index in [1.807, 2.05) is 57.1 Å². The number of benzene rings is 2. The van der Waals surface area contributed by atoms with Crippen LogP contribution in [0.4, 0.5) is 0 Å². The lowest BCUT2D eigenvalue weighted by Gasteiger charge is -2.26. The predicted octanol–water partition coefficient (Wildman–Crippen LogP) is 4.14. The molecule has 1 atom stereocenters. The normalized spacial score (nSPS) is 18.1. The quantitative estimate of drug-likeness (QED) is 0.361. The number of hydrogen-bond donors (Lipinski definition) is 1. The fraction of sp³-hybridized carbons (Fsp3) is 0.333. The number of ketones is 1. The van der Waals surface area contributed by atoms with Crippen molar-refractivity contribution >= 4 is 33.4 Å². The predicted molar refractivity (Wildman–Crippen MR) is 124 cm³/mol. The Morgan fingerprint density at radius 3 is 2.42 bits per heavy atom. The highest BCUT2D eigenvalue weighted by atomic mass is 79.9. The molecule has 1 saturated heterocycles. The molecule has 6 nitrogen and oxygen atoms in total. The highest BCUT2D eigenvalue weighted by molar-refractivity contribution is 9.10. The molecule has 31 heavy (non-hydrogen) atoms. The first kappa shape index (κ1) is 23.0. The van der Waals surface area contributed by atoms with Gasteiger partial charge in [0.2, 0.25) is 0 Å². The van der Waals surface area contributed by atoms with Gasteiger partial charge in [-0.05, 0) is 69.4 Å². The standard InChI is InChI=1S/C24H27BrN2O4/c1-5-31-19-11-8-17(14-15(19)2)22(28)20-21(16-6-9-18(25)10-7-16)27(13-12-26(3)4)24(30)23(20)29/h6-11,14,21,28H,5,12-13H2,1-4H3. The van der Waals surface area contributed by atoms with E-state index in [1.165, 1.54) is 0 Å². The van der Waals surface area contributed by atoms with Crippen molar-refractivity contribution in [3.05, 3.63) is 69.2 Å². The number of carbonyl (C=O) groups excluding carboxylic acids is 2. The molecule has 1 N–H and O–H groups in total. The van der Waals surface area contributed by atoms with E-state index in [0.29, 0.717) is 25.3 Å². The number of aliphatic hydroxyl groups excluding tert-OH is 1. The van der Waals surface area contributed by atoms with Crippen LogP contribution in [0.25, 0.3) is 5.76 Å². The zero-order valence-electron chi connectivity index (χ0n) is 18.2. The molecule has 0 spiro atoms. The third-order valence-electron chi connectivity index (χ3n) is 5.26. The van der Waals surface area contributed by atoms with Crippen LogP contribution in [0.1, 0.15) is 29.7 Å². The first-order valence-corrected chi connectivity index (χ1v) is 11.0. The van der Waals surface area contributed by atoms with Gasteiger partial charge in [0.15, 0.2) is 0 Å². The lowest BCUT2D eigenvalue weighted by Crippen LogP contribution is -2.35. The van der Waals surface area contributed by atoms with Gasteiger partial charge < -0.3 is 19.6 Å². The van der Waals surface area contributed by atoms with Crippen molar-refractivity contribution in [2.24, 2.45) is 0 Å². The second-order valence-electron chi connectivity index (χ2n) is 7.76. The molecule has 0 radical (unpaired) electrons. The Kier molecular flexibility index (Phi) is 7.18. The summed E-state index contributed by atoms with van der Waals surface area (Å²) in [5.41, 5.74) is 2.20. The summed E-state index contributed by atoms with van der Waals surface area (Å²) in [6.45, 7) is 5.29. The molecular formula is C24H27BrN2O4. The Labute approximate surface area is 191 Å². The first-order valence-electron chi connectivity index (χ1n) is 10.2. The summed E-state index contributed by atoms with van der Waals surface area (Å²) in [6, 6.07) is 12.0. The Morgan fingerprint density at radius 1 is 1.16 bits per heavy atom. The summed E-state index contributed by atoms with van der Waals surface area (Å²) >= 11 is 3.42. The molecule has 3 rings (SSSR count). The van der Waals surface area contributed by atoms with E-state index in [-0.39, 0.29) is 11.3 Å². The van der Waals surface area contributed by atoms with Gasteiger partial charge in [0, 0.05) is 23.1 Å². The van der Waals surface area contributed by atoms with Crippen LogP contribution in [0.5, 0.6) is 5.75 Å². The molecule has 1 aliphatic rings. The van der Waals surface area contributed by atoms with Crippen molar-refractivity contribution in [3.63, 3.8) is 0 Å². The largest absolute Gasteiger partial charge is 0.507 e. The van der Waals surface area contributed by atoms with Crippen LogP contribution >= 0.6 is 15.9 Å². The highest BCUT2D eigenvalue weighted by Crippen LogP contribution is 2.40. The van der Waals surface area contributed by atoms with Crippen LogP contribution in [-0.2, 0) is 9.59 Å². The minimum atomic E-state index is -0.671. The van der Waals surface area contributed by atoms with Crippen LogP contribution in [0.15, 0.2) is 52.5 Å². The maximum absolute atomic E-state index is 13.0. The molecule has 0 aromatic heterocycles. The fourth-order valence-corrected chi connectivity index (χ4v) is 3.94. The molecule has 7 heteroatoms. The van der Waals surface area contributed by atoms with Crippen LogP contribution in [-0.4, -0.2) is 60.4 Å². The van der Waals surface area contributed by atoms with Gasteiger partial charge in [-0.2, -0.15) is 0 Å². The smallest absolute Gasteiger partial charge is 0.295 e. The number of rotatable bonds is 7. The van der Waals surface area contributed by atoms with Gasteiger partial charge in [0.05, 0.1) is 18.2 Å². The van der Waals surface area contributed by atoms with Crippen molar-refractivity contribution in [3.8, 4) is 5.75 Å². The Morgan fingerprint density at radius 2 is 1.84 bits per heavy atom. The molecule has 1 fully saturated rings. The monoisotopic (exact) mass is 486 g/mol. The van der Waals surface area contributed by atoms with Crippen molar-refractivity contribution in [1.29, 1.82) is 0 Å². The van der Waals surface area contributed by atoms with Crippen molar-refractivity contribution in [2.75, 3.05) is 33.8 Å².